The van der Waals surface area contributed by atoms with Gasteiger partial charge in [-0.15, -0.1) is 0 Å². The molecule has 1 saturated carbocycles. The summed E-state index contributed by atoms with van der Waals surface area (Å²) in [6.45, 7) is 11.8. The molecule has 1 aliphatic carbocycles. The molecule has 0 spiro atoms. The lowest BCUT2D eigenvalue weighted by Crippen LogP contribution is -2.31. The Kier molecular flexibility index (Phi) is 4.92. The van der Waals surface area contributed by atoms with Crippen molar-refractivity contribution in [1.82, 2.24) is 0 Å². The van der Waals surface area contributed by atoms with Gasteiger partial charge in [-0.25, -0.2) is 9.41 Å². The normalized spacial score (nSPS) is 14.4. The van der Waals surface area contributed by atoms with Crippen LogP contribution in [0.2, 0.25) is 0 Å². The van der Waals surface area contributed by atoms with Crippen molar-refractivity contribution in [3.8, 4) is 11.3 Å². The van der Waals surface area contributed by atoms with Crippen molar-refractivity contribution in [2.24, 2.45) is 13.0 Å². The molecule has 168 valence electrons. The Morgan fingerprint density at radius 3 is 2.59 bits per heavy atom. The highest BCUT2D eigenvalue weighted by molar-refractivity contribution is 6.13. The lowest BCUT2D eigenvalue weighted by molar-refractivity contribution is -0.659. The summed E-state index contributed by atoms with van der Waals surface area (Å²) in [4.78, 5) is 3.63. The Morgan fingerprint density at radius 1 is 0.971 bits per heavy atom. The molecule has 5 aromatic rings. The second-order valence-electron chi connectivity index (χ2n) is 10.0. The van der Waals surface area contributed by atoms with Crippen molar-refractivity contribution in [3.05, 3.63) is 82.8 Å². The minimum Gasteiger partial charge on any atom is -0.455 e. The fourth-order valence-electron chi connectivity index (χ4n) is 5.89. The summed E-state index contributed by atoms with van der Waals surface area (Å²) in [6, 6.07) is 17.2. The molecule has 0 aliphatic heterocycles. The first-order chi connectivity index (χ1) is 16.5. The second kappa shape index (κ2) is 7.99. The summed E-state index contributed by atoms with van der Waals surface area (Å²) in [6.07, 6.45) is 8.87. The molecular weight excluding hydrogens is 416 g/mol. The number of hydrogen-bond acceptors (Lipinski definition) is 1. The van der Waals surface area contributed by atoms with Crippen LogP contribution in [-0.4, -0.2) is 0 Å². The van der Waals surface area contributed by atoms with Crippen molar-refractivity contribution >= 4 is 38.4 Å². The molecule has 6 rings (SSSR count). The predicted octanol–water partition coefficient (Wildman–Crippen LogP) is 8.13. The van der Waals surface area contributed by atoms with E-state index in [1.807, 2.05) is 18.2 Å². The van der Waals surface area contributed by atoms with Crippen LogP contribution in [-0.2, 0) is 13.5 Å². The maximum atomic E-state index is 7.43. The Labute approximate surface area is 200 Å². The van der Waals surface area contributed by atoms with Gasteiger partial charge in [-0.3, -0.25) is 0 Å². The summed E-state index contributed by atoms with van der Waals surface area (Å²) >= 11 is 0. The van der Waals surface area contributed by atoms with Gasteiger partial charge >= 0.3 is 0 Å². The molecule has 1 aliphatic rings. The van der Waals surface area contributed by atoms with Crippen molar-refractivity contribution < 1.29 is 8.98 Å². The molecule has 0 unspecified atom stereocenters. The summed E-state index contributed by atoms with van der Waals surface area (Å²) in [7, 11) is 2.12. The molecule has 0 amide bonds. The van der Waals surface area contributed by atoms with E-state index < -0.39 is 0 Å². The third-order valence-electron chi connectivity index (χ3n) is 7.83. The lowest BCUT2D eigenvalue weighted by Gasteiger charge is -2.13. The first-order valence-electron chi connectivity index (χ1n) is 12.3. The standard InChI is InChI=1S/C31H29N2O/c1-19-15-27-26-18-24(32-3)10-12-28(26)34-31(27)29(20(19)2)30-25-11-9-22(16-21-7-5-6-8-21)17-23(25)13-14-33(30)4/h9-15,17-18,21H,5-8,16H2,1-2,4H3/q+1. The molecule has 2 aromatic heterocycles. The number of nitrogens with zero attached hydrogens (tertiary/aromatic N) is 2. The number of furan rings is 1. The van der Waals surface area contributed by atoms with E-state index in [-0.39, 0.29) is 0 Å². The van der Waals surface area contributed by atoms with Gasteiger partial charge in [-0.1, -0.05) is 43.9 Å². The van der Waals surface area contributed by atoms with E-state index in [0.29, 0.717) is 5.69 Å². The van der Waals surface area contributed by atoms with Crippen LogP contribution >= 0.6 is 0 Å². The molecule has 34 heavy (non-hydrogen) atoms. The zero-order valence-electron chi connectivity index (χ0n) is 20.1. The number of hydrogen-bond donors (Lipinski definition) is 0. The molecule has 0 saturated heterocycles. The number of pyridine rings is 1. The molecule has 1 fully saturated rings. The lowest BCUT2D eigenvalue weighted by atomic mass is 9.92. The highest BCUT2D eigenvalue weighted by Gasteiger charge is 2.25. The molecule has 0 bridgehead atoms. The fourth-order valence-corrected chi connectivity index (χ4v) is 5.89. The zero-order valence-corrected chi connectivity index (χ0v) is 20.1. The average molecular weight is 446 g/mol. The SMILES string of the molecule is [C-]#[N+]c1ccc2oc3c(-c4c5ccc(CC6CCCC6)cc5cc[n+]4C)c(C)c(C)cc3c2c1. The Bertz CT molecular complexity index is 1630. The molecule has 0 N–H and O–H groups in total. The predicted molar refractivity (Wildman–Crippen MR) is 139 cm³/mol. The van der Waals surface area contributed by atoms with E-state index >= 15 is 0 Å². The van der Waals surface area contributed by atoms with E-state index in [1.165, 1.54) is 65.3 Å². The van der Waals surface area contributed by atoms with E-state index in [0.717, 1.165) is 33.4 Å². The Morgan fingerprint density at radius 2 is 1.79 bits per heavy atom. The summed E-state index contributed by atoms with van der Waals surface area (Å²) in [5.74, 6) is 0.839. The van der Waals surface area contributed by atoms with Gasteiger partial charge in [0.25, 0.3) is 0 Å². The number of fused-ring (bicyclic) bond motifs is 4. The first kappa shape index (κ1) is 20.9. The molecule has 2 heterocycles. The summed E-state index contributed by atoms with van der Waals surface area (Å²) in [5.41, 5.74) is 8.60. The third kappa shape index (κ3) is 3.29. The van der Waals surface area contributed by atoms with E-state index in [4.69, 9.17) is 11.0 Å². The van der Waals surface area contributed by atoms with Gasteiger partial charge in [-0.2, -0.15) is 0 Å². The first-order valence-corrected chi connectivity index (χ1v) is 12.3. The topological polar surface area (TPSA) is 21.4 Å². The smallest absolute Gasteiger partial charge is 0.224 e. The maximum Gasteiger partial charge on any atom is 0.224 e. The van der Waals surface area contributed by atoms with Crippen LogP contribution in [0, 0.1) is 26.3 Å². The van der Waals surface area contributed by atoms with Gasteiger partial charge in [0.05, 0.1) is 17.5 Å². The van der Waals surface area contributed by atoms with Crippen LogP contribution < -0.4 is 4.57 Å². The molecule has 0 radical (unpaired) electrons. The number of aromatic nitrogens is 1. The van der Waals surface area contributed by atoms with E-state index in [1.54, 1.807) is 0 Å². The third-order valence-corrected chi connectivity index (χ3v) is 7.83. The minimum atomic E-state index is 0.639. The van der Waals surface area contributed by atoms with Crippen molar-refractivity contribution in [1.29, 1.82) is 0 Å². The van der Waals surface area contributed by atoms with Crippen LogP contribution in [0.1, 0.15) is 42.4 Å². The fraction of sp³-hybridized carbons (Fsp3) is 0.290. The van der Waals surface area contributed by atoms with Gasteiger partial charge in [0.15, 0.2) is 11.9 Å². The van der Waals surface area contributed by atoms with Gasteiger partial charge < -0.3 is 4.42 Å². The van der Waals surface area contributed by atoms with Gasteiger partial charge in [0.1, 0.15) is 18.2 Å². The highest BCUT2D eigenvalue weighted by atomic mass is 16.3. The monoisotopic (exact) mass is 445 g/mol. The number of aryl methyl sites for hydroxylation is 2. The number of rotatable bonds is 3. The quantitative estimate of drug-likeness (QED) is 0.203. The highest BCUT2D eigenvalue weighted by Crippen LogP contribution is 2.41. The number of benzene rings is 3. The van der Waals surface area contributed by atoms with Crippen LogP contribution in [0.25, 0.3) is 48.8 Å². The zero-order chi connectivity index (χ0) is 23.4. The molecule has 3 nitrogen and oxygen atoms in total. The molecule has 3 heteroatoms. The summed E-state index contributed by atoms with van der Waals surface area (Å²) in [5, 5.41) is 4.62. The van der Waals surface area contributed by atoms with E-state index in [9.17, 15) is 0 Å². The van der Waals surface area contributed by atoms with Gasteiger partial charge in [0.2, 0.25) is 5.69 Å². The summed E-state index contributed by atoms with van der Waals surface area (Å²) < 4.78 is 8.69. The molecular formula is C31H29N2O+. The van der Waals surface area contributed by atoms with Crippen molar-refractivity contribution in [3.63, 3.8) is 0 Å². The maximum absolute atomic E-state index is 7.43. The largest absolute Gasteiger partial charge is 0.455 e. The Balaban J connectivity index is 1.60. The Hall–Kier alpha value is -3.64. The van der Waals surface area contributed by atoms with Crippen LogP contribution in [0.4, 0.5) is 5.69 Å². The van der Waals surface area contributed by atoms with Gasteiger partial charge in [0, 0.05) is 16.8 Å². The van der Waals surface area contributed by atoms with Crippen molar-refractivity contribution in [2.75, 3.05) is 0 Å². The van der Waals surface area contributed by atoms with Crippen LogP contribution in [0.3, 0.4) is 0 Å². The van der Waals surface area contributed by atoms with Gasteiger partial charge in [-0.05, 0) is 72.5 Å². The minimum absolute atomic E-state index is 0.639. The average Bonchev–Trinajstić information content (AvgIpc) is 3.48. The van der Waals surface area contributed by atoms with E-state index in [2.05, 4.69) is 66.8 Å². The van der Waals surface area contributed by atoms with Crippen molar-refractivity contribution in [2.45, 2.75) is 46.0 Å². The van der Waals surface area contributed by atoms with Crippen LogP contribution in [0.5, 0.6) is 0 Å². The van der Waals surface area contributed by atoms with Crippen LogP contribution in [0.15, 0.2) is 59.1 Å². The second-order valence-corrected chi connectivity index (χ2v) is 10.0. The molecule has 3 aromatic carbocycles. The molecule has 0 atom stereocenters.